The third-order valence-electron chi connectivity index (χ3n) is 5.73. The average molecular weight is 570 g/mol. The molecule has 0 bridgehead atoms. The van der Waals surface area contributed by atoms with Crippen molar-refractivity contribution in [1.82, 2.24) is 19.6 Å². The molecule has 0 aliphatic carbocycles. The lowest BCUT2D eigenvalue weighted by atomic mass is 9.90. The SMILES string of the molecule is CC(C)(C)c1nn(-c2c(Cl)cc(Cl)cc2Cl)c(N=Nc2c(C(C)(C)C)nn(-c3ccccc3)c2N)c1C#N. The van der Waals surface area contributed by atoms with Crippen LogP contribution in [0, 0.1) is 11.3 Å². The first-order chi connectivity index (χ1) is 17.7. The Morgan fingerprint density at radius 3 is 1.92 bits per heavy atom. The van der Waals surface area contributed by atoms with Crippen molar-refractivity contribution in [3.63, 3.8) is 0 Å². The lowest BCUT2D eigenvalue weighted by Crippen LogP contribution is -2.14. The number of halogens is 3. The highest BCUT2D eigenvalue weighted by molar-refractivity contribution is 6.40. The van der Waals surface area contributed by atoms with E-state index < -0.39 is 10.8 Å². The second-order valence-electron chi connectivity index (χ2n) is 10.8. The molecule has 196 valence electrons. The van der Waals surface area contributed by atoms with E-state index >= 15 is 0 Å². The molecule has 8 nitrogen and oxygen atoms in total. The van der Waals surface area contributed by atoms with Crippen molar-refractivity contribution in [2.75, 3.05) is 5.73 Å². The van der Waals surface area contributed by atoms with Gasteiger partial charge in [-0.25, -0.2) is 9.36 Å². The zero-order valence-electron chi connectivity index (χ0n) is 21.9. The molecule has 0 unspecified atom stereocenters. The third kappa shape index (κ3) is 5.14. The minimum Gasteiger partial charge on any atom is -0.382 e. The number of nitrogens with zero attached hydrogens (tertiary/aromatic N) is 7. The summed E-state index contributed by atoms with van der Waals surface area (Å²) >= 11 is 19.2. The second-order valence-corrected chi connectivity index (χ2v) is 12.1. The van der Waals surface area contributed by atoms with Gasteiger partial charge in [-0.1, -0.05) is 94.5 Å². The monoisotopic (exact) mass is 568 g/mol. The van der Waals surface area contributed by atoms with Crippen LogP contribution in [0.4, 0.5) is 17.3 Å². The number of benzene rings is 2. The standard InChI is InChI=1S/C27H27Cl3N8/c1-26(2,3)22-17(14-31)25(38(35-22)21-18(29)12-15(28)13-19(21)30)34-33-20-23(27(4,5)6)36-37(24(20)32)16-10-8-7-9-11-16/h7-13H,32H2,1-6H3. The Morgan fingerprint density at radius 1 is 0.842 bits per heavy atom. The third-order valence-corrected chi connectivity index (χ3v) is 6.52. The van der Waals surface area contributed by atoms with Crippen LogP contribution in [0.15, 0.2) is 52.7 Å². The maximum Gasteiger partial charge on any atom is 0.196 e. The fourth-order valence-corrected chi connectivity index (χ4v) is 4.89. The highest BCUT2D eigenvalue weighted by Gasteiger charge is 2.31. The van der Waals surface area contributed by atoms with Crippen LogP contribution in [0.2, 0.25) is 15.1 Å². The Morgan fingerprint density at radius 2 is 1.39 bits per heavy atom. The van der Waals surface area contributed by atoms with Crippen molar-refractivity contribution in [2.24, 2.45) is 10.2 Å². The topological polar surface area (TPSA) is 110 Å². The predicted molar refractivity (Wildman–Crippen MR) is 153 cm³/mol. The van der Waals surface area contributed by atoms with Crippen molar-refractivity contribution in [2.45, 2.75) is 52.4 Å². The quantitative estimate of drug-likeness (QED) is 0.248. The number of anilines is 1. The van der Waals surface area contributed by atoms with E-state index in [1.54, 1.807) is 16.8 Å². The van der Waals surface area contributed by atoms with Crippen LogP contribution in [-0.2, 0) is 10.8 Å². The van der Waals surface area contributed by atoms with Gasteiger partial charge in [0.15, 0.2) is 17.3 Å². The van der Waals surface area contributed by atoms with Gasteiger partial charge < -0.3 is 5.73 Å². The van der Waals surface area contributed by atoms with Crippen LogP contribution in [0.25, 0.3) is 11.4 Å². The van der Waals surface area contributed by atoms with Crippen LogP contribution in [0.5, 0.6) is 0 Å². The molecule has 4 aromatic rings. The Labute approximate surface area is 236 Å². The first kappa shape index (κ1) is 27.6. The first-order valence-electron chi connectivity index (χ1n) is 11.8. The fraction of sp³-hybridized carbons (Fsp3) is 0.296. The summed E-state index contributed by atoms with van der Waals surface area (Å²) in [7, 11) is 0. The molecule has 0 fully saturated rings. The van der Waals surface area contributed by atoms with Gasteiger partial charge in [-0.05, 0) is 24.3 Å². The number of nitriles is 1. The molecule has 0 aliphatic rings. The van der Waals surface area contributed by atoms with Crippen LogP contribution in [-0.4, -0.2) is 19.6 Å². The first-order valence-corrected chi connectivity index (χ1v) is 12.9. The van der Waals surface area contributed by atoms with E-state index in [1.165, 1.54) is 4.68 Å². The molecule has 0 atom stereocenters. The normalized spacial score (nSPS) is 12.3. The molecule has 0 radical (unpaired) electrons. The highest BCUT2D eigenvalue weighted by Crippen LogP contribution is 2.41. The Kier molecular flexibility index (Phi) is 7.32. The van der Waals surface area contributed by atoms with E-state index in [-0.39, 0.29) is 21.4 Å². The second kappa shape index (κ2) is 10.1. The number of para-hydroxylation sites is 1. The van der Waals surface area contributed by atoms with Crippen molar-refractivity contribution in [1.29, 1.82) is 5.26 Å². The minimum absolute atomic E-state index is 0.162. The molecule has 0 spiro atoms. The summed E-state index contributed by atoms with van der Waals surface area (Å²) in [6.45, 7) is 11.9. The summed E-state index contributed by atoms with van der Waals surface area (Å²) in [4.78, 5) is 0. The van der Waals surface area contributed by atoms with Gasteiger partial charge in [0.05, 0.1) is 27.1 Å². The maximum atomic E-state index is 10.2. The molecule has 38 heavy (non-hydrogen) atoms. The number of hydrogen-bond acceptors (Lipinski definition) is 6. The summed E-state index contributed by atoms with van der Waals surface area (Å²) in [6, 6.07) is 14.9. The van der Waals surface area contributed by atoms with Gasteiger partial charge in [-0.2, -0.15) is 15.5 Å². The van der Waals surface area contributed by atoms with Crippen molar-refractivity contribution in [3.8, 4) is 17.4 Å². The Hall–Kier alpha value is -3.38. The van der Waals surface area contributed by atoms with Gasteiger partial charge in [-0.15, -0.1) is 10.2 Å². The zero-order chi connectivity index (χ0) is 28.0. The molecular formula is C27H27Cl3N8. The summed E-state index contributed by atoms with van der Waals surface area (Å²) < 4.78 is 3.06. The molecular weight excluding hydrogens is 543 g/mol. The lowest BCUT2D eigenvalue weighted by Gasteiger charge is -2.15. The molecule has 4 rings (SSSR count). The summed E-state index contributed by atoms with van der Waals surface area (Å²) in [6.07, 6.45) is 0. The van der Waals surface area contributed by atoms with E-state index in [0.717, 1.165) is 5.69 Å². The predicted octanol–water partition coefficient (Wildman–Crippen LogP) is 8.48. The Balaban J connectivity index is 1.99. The van der Waals surface area contributed by atoms with Gasteiger partial charge in [0.1, 0.15) is 17.3 Å². The van der Waals surface area contributed by atoms with Crippen molar-refractivity contribution < 1.29 is 0 Å². The van der Waals surface area contributed by atoms with Crippen LogP contribution >= 0.6 is 34.8 Å². The number of rotatable bonds is 4. The molecule has 2 heterocycles. The lowest BCUT2D eigenvalue weighted by molar-refractivity contribution is 0.559. The molecule has 0 saturated carbocycles. The number of hydrogen-bond donors (Lipinski definition) is 1. The van der Waals surface area contributed by atoms with Gasteiger partial charge in [0.25, 0.3) is 0 Å². The molecule has 2 aromatic heterocycles. The summed E-state index contributed by atoms with van der Waals surface area (Å²) in [5.41, 5.74) is 8.59. The van der Waals surface area contributed by atoms with Gasteiger partial charge in [0.2, 0.25) is 0 Å². The van der Waals surface area contributed by atoms with Crippen molar-refractivity contribution >= 4 is 52.1 Å². The van der Waals surface area contributed by atoms with Crippen molar-refractivity contribution in [3.05, 3.63) is 74.5 Å². The highest BCUT2D eigenvalue weighted by atomic mass is 35.5. The van der Waals surface area contributed by atoms with E-state index in [2.05, 4.69) is 16.3 Å². The Bertz CT molecular complexity index is 1560. The zero-order valence-corrected chi connectivity index (χ0v) is 24.2. The molecule has 0 saturated heterocycles. The van der Waals surface area contributed by atoms with Gasteiger partial charge in [0, 0.05) is 15.9 Å². The maximum absolute atomic E-state index is 10.2. The van der Waals surface area contributed by atoms with E-state index in [9.17, 15) is 5.26 Å². The largest absolute Gasteiger partial charge is 0.382 e. The minimum atomic E-state index is -0.486. The number of nitrogens with two attached hydrogens (primary N) is 1. The molecule has 11 heteroatoms. The molecule has 2 aromatic carbocycles. The summed E-state index contributed by atoms with van der Waals surface area (Å²) in [5, 5.41) is 29.6. The summed E-state index contributed by atoms with van der Waals surface area (Å²) in [5.74, 6) is 0.475. The number of nitrogen functional groups attached to an aromatic ring is 1. The average Bonchev–Trinajstić information content (AvgIpc) is 3.35. The fourth-order valence-electron chi connectivity index (χ4n) is 3.91. The van der Waals surface area contributed by atoms with E-state index in [0.29, 0.717) is 33.6 Å². The van der Waals surface area contributed by atoms with E-state index in [4.69, 9.17) is 50.7 Å². The molecule has 2 N–H and O–H groups in total. The molecule has 0 aliphatic heterocycles. The number of aromatic nitrogens is 4. The van der Waals surface area contributed by atoms with Crippen LogP contribution in [0.3, 0.4) is 0 Å². The van der Waals surface area contributed by atoms with E-state index in [1.807, 2.05) is 71.9 Å². The van der Waals surface area contributed by atoms with Gasteiger partial charge >= 0.3 is 0 Å². The van der Waals surface area contributed by atoms with Gasteiger partial charge in [-0.3, -0.25) is 0 Å². The van der Waals surface area contributed by atoms with Crippen LogP contribution in [0.1, 0.15) is 58.5 Å². The number of azo groups is 1. The smallest absolute Gasteiger partial charge is 0.196 e. The molecule has 0 amide bonds. The van der Waals surface area contributed by atoms with Crippen LogP contribution < -0.4 is 5.73 Å².